The number of hydrogen-bond donors (Lipinski definition) is 0. The summed E-state index contributed by atoms with van der Waals surface area (Å²) in [5, 5.41) is 12.0. The maximum absolute atomic E-state index is 13.7. The number of benzene rings is 2. The van der Waals surface area contributed by atoms with E-state index >= 15 is 0 Å². The summed E-state index contributed by atoms with van der Waals surface area (Å²) in [4.78, 5) is 33.5. The molecule has 1 saturated heterocycles. The summed E-state index contributed by atoms with van der Waals surface area (Å²) in [7, 11) is 0. The van der Waals surface area contributed by atoms with E-state index < -0.39 is 4.92 Å². The van der Waals surface area contributed by atoms with Gasteiger partial charge in [-0.2, -0.15) is 0 Å². The Morgan fingerprint density at radius 1 is 1.18 bits per heavy atom. The lowest BCUT2D eigenvalue weighted by atomic mass is 10.1. The summed E-state index contributed by atoms with van der Waals surface area (Å²) < 4.78 is 6.44. The van der Waals surface area contributed by atoms with Gasteiger partial charge >= 0.3 is 0 Å². The summed E-state index contributed by atoms with van der Waals surface area (Å²) >= 11 is 1.48. The molecule has 1 amide bonds. The minimum absolute atomic E-state index is 0.0510. The minimum Gasteiger partial charge on any atom is -0.379 e. The molecule has 2 heterocycles. The number of carbonyl (C=O) groups is 1. The molecule has 1 fully saturated rings. The zero-order valence-corrected chi connectivity index (χ0v) is 20.0. The van der Waals surface area contributed by atoms with Gasteiger partial charge in [-0.25, -0.2) is 4.98 Å². The molecule has 4 rings (SSSR count). The van der Waals surface area contributed by atoms with Crippen molar-refractivity contribution in [3.05, 3.63) is 62.7 Å². The average molecular weight is 469 g/mol. The summed E-state index contributed by atoms with van der Waals surface area (Å²) in [6, 6.07) is 8.75. The van der Waals surface area contributed by atoms with E-state index in [1.165, 1.54) is 17.4 Å². The van der Waals surface area contributed by atoms with Gasteiger partial charge in [0.25, 0.3) is 11.6 Å². The number of thiazole rings is 1. The van der Waals surface area contributed by atoms with Crippen LogP contribution in [-0.2, 0) is 4.74 Å². The number of nitrogens with zero attached hydrogens (tertiary/aromatic N) is 4. The van der Waals surface area contributed by atoms with Gasteiger partial charge in [0.1, 0.15) is 0 Å². The fourth-order valence-electron chi connectivity index (χ4n) is 4.09. The molecule has 0 spiro atoms. The van der Waals surface area contributed by atoms with Crippen LogP contribution in [-0.4, -0.2) is 60.1 Å². The third-order valence-corrected chi connectivity index (χ3v) is 7.29. The van der Waals surface area contributed by atoms with Crippen molar-refractivity contribution in [2.24, 2.45) is 0 Å². The predicted molar refractivity (Wildman–Crippen MR) is 130 cm³/mol. The molecule has 1 aliphatic heterocycles. The molecule has 33 heavy (non-hydrogen) atoms. The van der Waals surface area contributed by atoms with E-state index in [1.807, 2.05) is 19.9 Å². The second-order valence-electron chi connectivity index (χ2n) is 8.32. The van der Waals surface area contributed by atoms with Gasteiger partial charge in [0.2, 0.25) is 0 Å². The van der Waals surface area contributed by atoms with Crippen LogP contribution in [0.3, 0.4) is 0 Å². The molecule has 8 nitrogen and oxygen atoms in total. The maximum Gasteiger partial charge on any atom is 0.273 e. The van der Waals surface area contributed by atoms with Gasteiger partial charge in [0.15, 0.2) is 5.13 Å². The molecule has 0 unspecified atom stereocenters. The smallest absolute Gasteiger partial charge is 0.273 e. The van der Waals surface area contributed by atoms with Gasteiger partial charge in [-0.15, -0.1) is 0 Å². The SMILES string of the molecule is Cc1ccc2sc(N(CCCN3CCOCC3)C(=O)c3cccc([N+](=O)[O-])c3C)nc2c1C. The van der Waals surface area contributed by atoms with Crippen molar-refractivity contribution >= 4 is 38.3 Å². The fourth-order valence-corrected chi connectivity index (χ4v) is 5.14. The lowest BCUT2D eigenvalue weighted by molar-refractivity contribution is -0.385. The number of nitro groups is 1. The molecule has 9 heteroatoms. The Hall–Kier alpha value is -2.88. The molecule has 1 aromatic heterocycles. The predicted octanol–water partition coefficient (Wildman–Crippen LogP) is 4.50. The molecule has 0 saturated carbocycles. The number of morpholine rings is 1. The number of ether oxygens (including phenoxy) is 1. The van der Waals surface area contributed by atoms with Gasteiger partial charge in [-0.05, 0) is 50.5 Å². The van der Waals surface area contributed by atoms with Gasteiger partial charge < -0.3 is 4.74 Å². The Kier molecular flexibility index (Phi) is 7.02. The first-order valence-electron chi connectivity index (χ1n) is 11.1. The quantitative estimate of drug-likeness (QED) is 0.375. The van der Waals surface area contributed by atoms with E-state index in [0.29, 0.717) is 22.8 Å². The number of fused-ring (bicyclic) bond motifs is 1. The molecule has 0 N–H and O–H groups in total. The van der Waals surface area contributed by atoms with Crippen LogP contribution in [0.1, 0.15) is 33.5 Å². The third-order valence-electron chi connectivity index (χ3n) is 6.24. The van der Waals surface area contributed by atoms with E-state index in [4.69, 9.17) is 9.72 Å². The summed E-state index contributed by atoms with van der Waals surface area (Å²) in [6.45, 7) is 10.3. The number of rotatable bonds is 7. The van der Waals surface area contributed by atoms with Crippen LogP contribution in [0.2, 0.25) is 0 Å². The number of aromatic nitrogens is 1. The third kappa shape index (κ3) is 4.90. The van der Waals surface area contributed by atoms with Crippen molar-refractivity contribution < 1.29 is 14.5 Å². The second-order valence-corrected chi connectivity index (χ2v) is 9.33. The number of carbonyl (C=O) groups excluding carboxylic acids is 1. The van der Waals surface area contributed by atoms with Gasteiger partial charge in [0.05, 0.1) is 28.4 Å². The van der Waals surface area contributed by atoms with Crippen molar-refractivity contribution in [2.75, 3.05) is 44.3 Å². The van der Waals surface area contributed by atoms with Crippen molar-refractivity contribution in [1.82, 2.24) is 9.88 Å². The van der Waals surface area contributed by atoms with E-state index in [0.717, 1.165) is 60.6 Å². The molecule has 2 aromatic carbocycles. The van der Waals surface area contributed by atoms with E-state index in [9.17, 15) is 14.9 Å². The van der Waals surface area contributed by atoms with E-state index in [-0.39, 0.29) is 11.6 Å². The van der Waals surface area contributed by atoms with Crippen molar-refractivity contribution in [1.29, 1.82) is 0 Å². The zero-order valence-electron chi connectivity index (χ0n) is 19.2. The fraction of sp³-hybridized carbons (Fsp3) is 0.417. The van der Waals surface area contributed by atoms with Crippen LogP contribution in [0.5, 0.6) is 0 Å². The van der Waals surface area contributed by atoms with Crippen molar-refractivity contribution in [3.63, 3.8) is 0 Å². The first kappa shape index (κ1) is 23.3. The Bertz CT molecular complexity index is 1190. The van der Waals surface area contributed by atoms with Crippen LogP contribution in [0.25, 0.3) is 10.2 Å². The Balaban J connectivity index is 1.67. The maximum atomic E-state index is 13.7. The van der Waals surface area contributed by atoms with Crippen molar-refractivity contribution in [2.45, 2.75) is 27.2 Å². The van der Waals surface area contributed by atoms with Crippen LogP contribution in [0.15, 0.2) is 30.3 Å². The summed E-state index contributed by atoms with van der Waals surface area (Å²) in [6.07, 6.45) is 0.771. The monoisotopic (exact) mass is 468 g/mol. The first-order valence-corrected chi connectivity index (χ1v) is 11.9. The molecule has 0 atom stereocenters. The van der Waals surface area contributed by atoms with Crippen LogP contribution in [0, 0.1) is 30.9 Å². The molecule has 3 aromatic rings. The molecular formula is C24H28N4O4S. The number of hydrogen-bond acceptors (Lipinski definition) is 7. The highest BCUT2D eigenvalue weighted by atomic mass is 32.1. The number of aryl methyl sites for hydroxylation is 2. The molecule has 1 aliphatic rings. The van der Waals surface area contributed by atoms with Gasteiger partial charge in [-0.1, -0.05) is 23.5 Å². The highest BCUT2D eigenvalue weighted by molar-refractivity contribution is 7.22. The molecule has 0 aliphatic carbocycles. The van der Waals surface area contributed by atoms with Crippen LogP contribution >= 0.6 is 11.3 Å². The van der Waals surface area contributed by atoms with E-state index in [1.54, 1.807) is 24.0 Å². The Morgan fingerprint density at radius 3 is 2.67 bits per heavy atom. The normalized spacial score (nSPS) is 14.5. The number of amides is 1. The lowest BCUT2D eigenvalue weighted by Gasteiger charge is -2.28. The standard InChI is InChI=1S/C24H28N4O4S/c1-16-8-9-21-22(17(16)2)25-24(33-21)27(11-5-10-26-12-14-32-15-13-26)23(29)19-6-4-7-20(18(19)3)28(30)31/h4,6-9H,5,10-15H2,1-3H3. The molecule has 174 valence electrons. The van der Waals surface area contributed by atoms with Crippen LogP contribution < -0.4 is 4.90 Å². The Morgan fingerprint density at radius 2 is 1.94 bits per heavy atom. The number of anilines is 1. The average Bonchev–Trinajstić information content (AvgIpc) is 3.24. The topological polar surface area (TPSA) is 88.8 Å². The highest BCUT2D eigenvalue weighted by Crippen LogP contribution is 2.33. The molecule has 0 radical (unpaired) electrons. The highest BCUT2D eigenvalue weighted by Gasteiger charge is 2.26. The largest absolute Gasteiger partial charge is 0.379 e. The Labute approximate surface area is 196 Å². The van der Waals surface area contributed by atoms with E-state index in [2.05, 4.69) is 11.0 Å². The zero-order chi connectivity index (χ0) is 23.5. The summed E-state index contributed by atoms with van der Waals surface area (Å²) in [5.74, 6) is -0.258. The first-order chi connectivity index (χ1) is 15.9. The van der Waals surface area contributed by atoms with Gasteiger partial charge in [-0.3, -0.25) is 24.7 Å². The number of nitro benzene ring substituents is 1. The second kappa shape index (κ2) is 9.94. The van der Waals surface area contributed by atoms with Crippen LogP contribution in [0.4, 0.5) is 10.8 Å². The van der Waals surface area contributed by atoms with Gasteiger partial charge in [0, 0.05) is 43.4 Å². The van der Waals surface area contributed by atoms with Crippen molar-refractivity contribution in [3.8, 4) is 0 Å². The molecule has 0 bridgehead atoms. The summed E-state index contributed by atoms with van der Waals surface area (Å²) in [5.41, 5.74) is 3.81. The lowest BCUT2D eigenvalue weighted by Crippen LogP contribution is -2.39. The molecular weight excluding hydrogens is 440 g/mol. The minimum atomic E-state index is -0.446.